The molecule has 0 bridgehead atoms. The largest absolute Gasteiger partial charge is 0.376 e. The fourth-order valence-corrected chi connectivity index (χ4v) is 2.66. The van der Waals surface area contributed by atoms with E-state index in [9.17, 15) is 0 Å². The molecule has 1 aromatic carbocycles. The van der Waals surface area contributed by atoms with Crippen LogP contribution in [0.2, 0.25) is 0 Å². The summed E-state index contributed by atoms with van der Waals surface area (Å²) in [6.07, 6.45) is 4.83. The van der Waals surface area contributed by atoms with Gasteiger partial charge < -0.3 is 10.5 Å². The molecule has 0 aromatic heterocycles. The van der Waals surface area contributed by atoms with Crippen molar-refractivity contribution in [2.24, 2.45) is 11.7 Å². The van der Waals surface area contributed by atoms with Crippen LogP contribution in [0.25, 0.3) is 0 Å². The van der Waals surface area contributed by atoms with E-state index in [1.807, 2.05) is 0 Å². The molecule has 1 fully saturated rings. The van der Waals surface area contributed by atoms with Crippen molar-refractivity contribution in [3.8, 4) is 0 Å². The van der Waals surface area contributed by atoms with Gasteiger partial charge in [-0.15, -0.1) is 0 Å². The molecule has 1 heterocycles. The number of ether oxygens (including phenoxy) is 1. The summed E-state index contributed by atoms with van der Waals surface area (Å²) < 4.78 is 5.79. The van der Waals surface area contributed by atoms with Crippen LogP contribution in [0.3, 0.4) is 0 Å². The van der Waals surface area contributed by atoms with Crippen LogP contribution in [0, 0.1) is 5.92 Å². The number of hydrogen-bond donors (Lipinski definition) is 1. The lowest BCUT2D eigenvalue weighted by Gasteiger charge is -2.28. The highest BCUT2D eigenvalue weighted by Gasteiger charge is 2.22. The molecule has 18 heavy (non-hydrogen) atoms. The minimum atomic E-state index is 0.0254. The van der Waals surface area contributed by atoms with Crippen LogP contribution < -0.4 is 5.73 Å². The standard InChI is InChI=1S/C16H25NO/c1-12(2)10-13-6-5-7-14(11-13)16(17)15-8-3-4-9-18-15/h5-7,11-12,15-16H,3-4,8-10,17H2,1-2H3. The van der Waals surface area contributed by atoms with Crippen molar-refractivity contribution in [3.05, 3.63) is 35.4 Å². The Labute approximate surface area is 111 Å². The molecule has 0 aliphatic carbocycles. The fourth-order valence-electron chi connectivity index (χ4n) is 2.66. The molecule has 1 aromatic rings. The van der Waals surface area contributed by atoms with E-state index in [0.717, 1.165) is 19.4 Å². The van der Waals surface area contributed by atoms with Gasteiger partial charge in [0.05, 0.1) is 12.1 Å². The van der Waals surface area contributed by atoms with Gasteiger partial charge in [-0.05, 0) is 42.7 Å². The van der Waals surface area contributed by atoms with Gasteiger partial charge >= 0.3 is 0 Å². The molecule has 100 valence electrons. The summed E-state index contributed by atoms with van der Waals surface area (Å²) in [5.41, 5.74) is 8.95. The van der Waals surface area contributed by atoms with E-state index in [-0.39, 0.29) is 12.1 Å². The molecular formula is C16H25NO. The van der Waals surface area contributed by atoms with Gasteiger partial charge in [-0.1, -0.05) is 38.1 Å². The molecule has 2 N–H and O–H groups in total. The molecule has 2 nitrogen and oxygen atoms in total. The molecule has 1 aliphatic rings. The van der Waals surface area contributed by atoms with E-state index in [0.29, 0.717) is 5.92 Å². The van der Waals surface area contributed by atoms with Gasteiger partial charge in [0.1, 0.15) is 0 Å². The molecule has 0 radical (unpaired) electrons. The first-order valence-electron chi connectivity index (χ1n) is 7.13. The molecule has 0 saturated carbocycles. The van der Waals surface area contributed by atoms with Gasteiger partial charge in [0.2, 0.25) is 0 Å². The van der Waals surface area contributed by atoms with Crippen molar-refractivity contribution in [1.29, 1.82) is 0 Å². The van der Waals surface area contributed by atoms with Crippen LogP contribution >= 0.6 is 0 Å². The summed E-state index contributed by atoms with van der Waals surface area (Å²) in [7, 11) is 0. The lowest BCUT2D eigenvalue weighted by atomic mass is 9.93. The van der Waals surface area contributed by atoms with Crippen molar-refractivity contribution in [2.45, 2.75) is 51.7 Å². The van der Waals surface area contributed by atoms with Gasteiger partial charge in [0, 0.05) is 6.61 Å². The normalized spacial score (nSPS) is 22.1. The Morgan fingerprint density at radius 3 is 2.83 bits per heavy atom. The van der Waals surface area contributed by atoms with Crippen LogP contribution in [-0.4, -0.2) is 12.7 Å². The topological polar surface area (TPSA) is 35.2 Å². The summed E-state index contributed by atoms with van der Waals surface area (Å²) in [4.78, 5) is 0. The monoisotopic (exact) mass is 247 g/mol. The second-order valence-electron chi connectivity index (χ2n) is 5.77. The number of benzene rings is 1. The third kappa shape index (κ3) is 3.56. The average Bonchev–Trinajstić information content (AvgIpc) is 2.38. The van der Waals surface area contributed by atoms with Gasteiger partial charge in [0.15, 0.2) is 0 Å². The SMILES string of the molecule is CC(C)Cc1cccc(C(N)C2CCCCO2)c1. The van der Waals surface area contributed by atoms with Crippen LogP contribution in [0.5, 0.6) is 0 Å². The summed E-state index contributed by atoms with van der Waals surface area (Å²) in [5.74, 6) is 0.683. The van der Waals surface area contributed by atoms with Crippen molar-refractivity contribution in [2.75, 3.05) is 6.61 Å². The molecule has 1 saturated heterocycles. The Hall–Kier alpha value is -0.860. The predicted octanol–water partition coefficient (Wildman–Crippen LogP) is 3.45. The predicted molar refractivity (Wildman–Crippen MR) is 75.5 cm³/mol. The molecule has 0 amide bonds. The zero-order valence-corrected chi connectivity index (χ0v) is 11.6. The molecule has 2 atom stereocenters. The van der Waals surface area contributed by atoms with E-state index in [4.69, 9.17) is 10.5 Å². The Bertz CT molecular complexity index is 369. The Kier molecular flexibility index (Phi) is 4.79. The smallest absolute Gasteiger partial charge is 0.0767 e. The Morgan fingerprint density at radius 1 is 1.33 bits per heavy atom. The molecule has 0 spiro atoms. The Balaban J connectivity index is 2.06. The van der Waals surface area contributed by atoms with E-state index < -0.39 is 0 Å². The zero-order valence-electron chi connectivity index (χ0n) is 11.6. The second-order valence-corrected chi connectivity index (χ2v) is 5.77. The minimum absolute atomic E-state index is 0.0254. The van der Waals surface area contributed by atoms with Gasteiger partial charge in [-0.3, -0.25) is 0 Å². The minimum Gasteiger partial charge on any atom is -0.376 e. The zero-order chi connectivity index (χ0) is 13.0. The Morgan fingerprint density at radius 2 is 2.17 bits per heavy atom. The van der Waals surface area contributed by atoms with E-state index in [1.165, 1.54) is 24.0 Å². The van der Waals surface area contributed by atoms with Crippen LogP contribution in [0.4, 0.5) is 0 Å². The highest BCUT2D eigenvalue weighted by atomic mass is 16.5. The van der Waals surface area contributed by atoms with Crippen molar-refractivity contribution >= 4 is 0 Å². The van der Waals surface area contributed by atoms with Gasteiger partial charge in [-0.25, -0.2) is 0 Å². The van der Waals surface area contributed by atoms with Gasteiger partial charge in [-0.2, -0.15) is 0 Å². The number of hydrogen-bond acceptors (Lipinski definition) is 2. The highest BCUT2D eigenvalue weighted by Crippen LogP contribution is 2.25. The van der Waals surface area contributed by atoms with E-state index >= 15 is 0 Å². The molecule has 2 rings (SSSR count). The number of nitrogens with two attached hydrogens (primary N) is 1. The fraction of sp³-hybridized carbons (Fsp3) is 0.625. The summed E-state index contributed by atoms with van der Waals surface area (Å²) >= 11 is 0. The highest BCUT2D eigenvalue weighted by molar-refractivity contribution is 5.27. The van der Waals surface area contributed by atoms with Crippen molar-refractivity contribution in [1.82, 2.24) is 0 Å². The maximum Gasteiger partial charge on any atom is 0.0767 e. The average molecular weight is 247 g/mol. The molecular weight excluding hydrogens is 222 g/mol. The maximum atomic E-state index is 6.34. The summed E-state index contributed by atoms with van der Waals surface area (Å²) in [5, 5.41) is 0. The summed E-state index contributed by atoms with van der Waals surface area (Å²) in [6, 6.07) is 8.72. The lowest BCUT2D eigenvalue weighted by Crippen LogP contribution is -2.31. The quantitative estimate of drug-likeness (QED) is 0.884. The first-order chi connectivity index (χ1) is 8.66. The first kappa shape index (κ1) is 13.6. The molecule has 2 unspecified atom stereocenters. The van der Waals surface area contributed by atoms with E-state index in [1.54, 1.807) is 0 Å². The maximum absolute atomic E-state index is 6.34. The molecule has 1 aliphatic heterocycles. The van der Waals surface area contributed by atoms with Gasteiger partial charge in [0.25, 0.3) is 0 Å². The first-order valence-corrected chi connectivity index (χ1v) is 7.13. The third-order valence-corrected chi connectivity index (χ3v) is 3.60. The lowest BCUT2D eigenvalue weighted by molar-refractivity contribution is 0.00000222. The van der Waals surface area contributed by atoms with Crippen LogP contribution in [0.15, 0.2) is 24.3 Å². The van der Waals surface area contributed by atoms with Crippen molar-refractivity contribution in [3.63, 3.8) is 0 Å². The summed E-state index contributed by atoms with van der Waals surface area (Å²) in [6.45, 7) is 5.36. The third-order valence-electron chi connectivity index (χ3n) is 3.60. The van der Waals surface area contributed by atoms with Crippen LogP contribution in [0.1, 0.15) is 50.3 Å². The van der Waals surface area contributed by atoms with Crippen molar-refractivity contribution < 1.29 is 4.74 Å². The molecule has 2 heteroatoms. The van der Waals surface area contributed by atoms with E-state index in [2.05, 4.69) is 38.1 Å². The number of rotatable bonds is 4. The second kappa shape index (κ2) is 6.35. The van der Waals surface area contributed by atoms with Crippen LogP contribution in [-0.2, 0) is 11.2 Å².